The molecule has 5 rings (SSSR count). The highest BCUT2D eigenvalue weighted by atomic mass is 35.5. The molecule has 1 aliphatic heterocycles. The van der Waals surface area contributed by atoms with Gasteiger partial charge in [-0.1, -0.05) is 13.8 Å². The van der Waals surface area contributed by atoms with E-state index < -0.39 is 0 Å². The number of aromatic nitrogens is 4. The predicted octanol–water partition coefficient (Wildman–Crippen LogP) is 4.24. The highest BCUT2D eigenvalue weighted by Crippen LogP contribution is 2.34. The van der Waals surface area contributed by atoms with Gasteiger partial charge in [0, 0.05) is 49.9 Å². The highest BCUT2D eigenvalue weighted by molar-refractivity contribution is 6.00. The molecule has 0 saturated carbocycles. The lowest BCUT2D eigenvalue weighted by Crippen LogP contribution is -2.45. The van der Waals surface area contributed by atoms with E-state index in [4.69, 9.17) is 15.5 Å². The minimum atomic E-state index is -0.0272. The molecule has 1 atom stereocenters. The number of methoxy groups -OCH3 is 1. The number of hydrogen-bond donors (Lipinski definition) is 1. The van der Waals surface area contributed by atoms with Gasteiger partial charge in [0.1, 0.15) is 16.9 Å². The lowest BCUT2D eigenvalue weighted by molar-refractivity contribution is 0.0708. The van der Waals surface area contributed by atoms with E-state index in [1.165, 1.54) is 0 Å². The SMILES string of the molecule is COc1cc(C(=O)N2CCC[C@@H](N)C2)cc2nc(-c3cc4cccnc4n3CC(C)C)n(C)c12.Cl. The first-order valence-electron chi connectivity index (χ1n) is 11.9. The normalized spacial score (nSPS) is 16.2. The van der Waals surface area contributed by atoms with E-state index in [9.17, 15) is 4.79 Å². The fraction of sp³-hybridized carbons (Fsp3) is 0.423. The number of imidazole rings is 1. The average molecular weight is 497 g/mol. The van der Waals surface area contributed by atoms with Crippen LogP contribution >= 0.6 is 12.4 Å². The number of carbonyl (C=O) groups is 1. The van der Waals surface area contributed by atoms with Crippen LogP contribution in [0, 0.1) is 5.92 Å². The number of benzene rings is 1. The highest BCUT2D eigenvalue weighted by Gasteiger charge is 2.25. The molecule has 0 radical (unpaired) electrons. The van der Waals surface area contributed by atoms with Crippen LogP contribution in [0.1, 0.15) is 37.0 Å². The average Bonchev–Trinajstić information content (AvgIpc) is 3.35. The molecular weight excluding hydrogens is 464 g/mol. The molecule has 186 valence electrons. The van der Waals surface area contributed by atoms with Gasteiger partial charge in [-0.25, -0.2) is 9.97 Å². The summed E-state index contributed by atoms with van der Waals surface area (Å²) in [7, 11) is 3.62. The summed E-state index contributed by atoms with van der Waals surface area (Å²) in [4.78, 5) is 24.7. The van der Waals surface area contributed by atoms with Crippen LogP contribution in [0.3, 0.4) is 0 Å². The molecule has 3 aromatic heterocycles. The van der Waals surface area contributed by atoms with Gasteiger partial charge in [0.2, 0.25) is 0 Å². The van der Waals surface area contributed by atoms with Crippen LogP contribution in [0.4, 0.5) is 0 Å². The summed E-state index contributed by atoms with van der Waals surface area (Å²) in [5, 5.41) is 1.08. The summed E-state index contributed by atoms with van der Waals surface area (Å²) in [6.45, 7) is 6.52. The number of pyridine rings is 1. The number of piperidine rings is 1. The summed E-state index contributed by atoms with van der Waals surface area (Å²) >= 11 is 0. The molecule has 1 amide bonds. The van der Waals surface area contributed by atoms with E-state index in [0.717, 1.165) is 59.5 Å². The molecule has 1 aromatic carbocycles. The number of ether oxygens (including phenoxy) is 1. The van der Waals surface area contributed by atoms with Crippen molar-refractivity contribution in [2.75, 3.05) is 20.2 Å². The largest absolute Gasteiger partial charge is 0.494 e. The number of rotatable bonds is 5. The van der Waals surface area contributed by atoms with Gasteiger partial charge < -0.3 is 24.5 Å². The van der Waals surface area contributed by atoms with E-state index in [-0.39, 0.29) is 24.4 Å². The summed E-state index contributed by atoms with van der Waals surface area (Å²) in [6.07, 6.45) is 3.70. The van der Waals surface area contributed by atoms with Crippen molar-refractivity contribution in [1.82, 2.24) is 24.0 Å². The Morgan fingerprint density at radius 1 is 1.29 bits per heavy atom. The molecule has 4 heterocycles. The van der Waals surface area contributed by atoms with E-state index in [1.54, 1.807) is 7.11 Å². The van der Waals surface area contributed by atoms with Gasteiger partial charge in [0.15, 0.2) is 5.82 Å². The molecule has 0 unspecified atom stereocenters. The number of carbonyl (C=O) groups excluding carboxylic acids is 1. The second kappa shape index (κ2) is 9.87. The Morgan fingerprint density at radius 2 is 2.09 bits per heavy atom. The molecule has 4 aromatic rings. The van der Waals surface area contributed by atoms with E-state index in [1.807, 2.05) is 40.9 Å². The van der Waals surface area contributed by atoms with Crippen molar-refractivity contribution < 1.29 is 9.53 Å². The van der Waals surface area contributed by atoms with Crippen molar-refractivity contribution >= 4 is 40.4 Å². The van der Waals surface area contributed by atoms with E-state index in [2.05, 4.69) is 35.5 Å². The van der Waals surface area contributed by atoms with Crippen molar-refractivity contribution in [2.24, 2.45) is 18.7 Å². The molecule has 8 nitrogen and oxygen atoms in total. The fourth-order valence-corrected chi connectivity index (χ4v) is 5.02. The number of fused-ring (bicyclic) bond motifs is 2. The van der Waals surface area contributed by atoms with Gasteiger partial charge in [-0.15, -0.1) is 12.4 Å². The third kappa shape index (κ3) is 4.48. The maximum Gasteiger partial charge on any atom is 0.254 e. The van der Waals surface area contributed by atoms with Gasteiger partial charge in [-0.05, 0) is 49.1 Å². The Labute approximate surface area is 211 Å². The van der Waals surface area contributed by atoms with Crippen LogP contribution in [0.5, 0.6) is 5.75 Å². The quantitative estimate of drug-likeness (QED) is 0.446. The molecule has 35 heavy (non-hydrogen) atoms. The van der Waals surface area contributed by atoms with Crippen LogP contribution in [0.2, 0.25) is 0 Å². The maximum absolute atomic E-state index is 13.3. The van der Waals surface area contributed by atoms with Crippen LogP contribution in [-0.2, 0) is 13.6 Å². The molecule has 1 aliphatic rings. The number of likely N-dealkylation sites (tertiary alicyclic amines) is 1. The van der Waals surface area contributed by atoms with Gasteiger partial charge in [-0.3, -0.25) is 4.79 Å². The zero-order chi connectivity index (χ0) is 24.0. The molecule has 1 fully saturated rings. The maximum atomic E-state index is 13.3. The van der Waals surface area contributed by atoms with Crippen molar-refractivity contribution in [2.45, 2.75) is 39.3 Å². The minimum absolute atomic E-state index is 0. The Kier molecular flexibility index (Phi) is 7.05. The summed E-state index contributed by atoms with van der Waals surface area (Å²) in [5.41, 5.74) is 10.2. The van der Waals surface area contributed by atoms with Crippen LogP contribution in [0.25, 0.3) is 33.6 Å². The van der Waals surface area contributed by atoms with Crippen LogP contribution < -0.4 is 10.5 Å². The van der Waals surface area contributed by atoms with Gasteiger partial charge in [0.05, 0.1) is 18.3 Å². The smallest absolute Gasteiger partial charge is 0.254 e. The number of nitrogens with two attached hydrogens (primary N) is 1. The second-order valence-electron chi connectivity index (χ2n) is 9.64. The molecular formula is C26H33ClN6O2. The molecule has 9 heteroatoms. The predicted molar refractivity (Wildman–Crippen MR) is 141 cm³/mol. The number of aryl methyl sites for hydroxylation is 1. The van der Waals surface area contributed by atoms with Crippen LogP contribution in [0.15, 0.2) is 36.5 Å². The number of halogens is 1. The Balaban J connectivity index is 0.00000289. The summed E-state index contributed by atoms with van der Waals surface area (Å²) in [5.74, 6) is 1.87. The number of amides is 1. The standard InChI is InChI=1S/C26H32N6O2.ClH/c1-16(2)14-32-21(12-17-7-5-9-28-24(17)32)25-29-20-11-18(13-22(34-4)23(20)30(25)3)26(33)31-10-6-8-19(27)15-31;/h5,7,9,11-13,16,19H,6,8,10,14-15,27H2,1-4H3;1H/t19-;/m1./s1. The molecule has 0 aliphatic carbocycles. The topological polar surface area (TPSA) is 91.2 Å². The first kappa shape index (κ1) is 25.0. The van der Waals surface area contributed by atoms with Gasteiger partial charge >= 0.3 is 0 Å². The zero-order valence-electron chi connectivity index (χ0n) is 20.7. The zero-order valence-corrected chi connectivity index (χ0v) is 21.5. The molecule has 2 N–H and O–H groups in total. The van der Waals surface area contributed by atoms with E-state index >= 15 is 0 Å². The summed E-state index contributed by atoms with van der Waals surface area (Å²) in [6, 6.07) is 9.89. The molecule has 0 spiro atoms. The van der Waals surface area contributed by atoms with Gasteiger partial charge in [0.25, 0.3) is 5.91 Å². The third-order valence-corrected chi connectivity index (χ3v) is 6.58. The Hall–Kier alpha value is -3.10. The monoisotopic (exact) mass is 496 g/mol. The fourth-order valence-electron chi connectivity index (χ4n) is 5.02. The van der Waals surface area contributed by atoms with Crippen molar-refractivity contribution in [3.8, 4) is 17.3 Å². The van der Waals surface area contributed by atoms with Gasteiger partial charge in [-0.2, -0.15) is 0 Å². The first-order valence-corrected chi connectivity index (χ1v) is 11.9. The van der Waals surface area contributed by atoms with Crippen molar-refractivity contribution in [1.29, 1.82) is 0 Å². The summed E-state index contributed by atoms with van der Waals surface area (Å²) < 4.78 is 10.0. The minimum Gasteiger partial charge on any atom is -0.494 e. The molecule has 1 saturated heterocycles. The van der Waals surface area contributed by atoms with E-state index in [0.29, 0.717) is 23.8 Å². The van der Waals surface area contributed by atoms with Crippen LogP contribution in [-0.4, -0.2) is 56.2 Å². The Morgan fingerprint density at radius 3 is 2.80 bits per heavy atom. The van der Waals surface area contributed by atoms with Crippen molar-refractivity contribution in [3.05, 3.63) is 42.1 Å². The van der Waals surface area contributed by atoms with Crippen molar-refractivity contribution in [3.63, 3.8) is 0 Å². The molecule has 0 bridgehead atoms. The lowest BCUT2D eigenvalue weighted by atomic mass is 10.0. The lowest BCUT2D eigenvalue weighted by Gasteiger charge is -2.30. The third-order valence-electron chi connectivity index (χ3n) is 6.58. The second-order valence-corrected chi connectivity index (χ2v) is 9.64. The first-order chi connectivity index (χ1) is 16.4. The number of hydrogen-bond acceptors (Lipinski definition) is 5. The number of nitrogens with zero attached hydrogens (tertiary/aromatic N) is 5. The Bertz CT molecular complexity index is 1380.